The minimum atomic E-state index is -0.643. The van der Waals surface area contributed by atoms with Gasteiger partial charge >= 0.3 is 0 Å². The maximum absolute atomic E-state index is 13.5. The second-order valence-corrected chi connectivity index (χ2v) is 4.98. The van der Waals surface area contributed by atoms with Crippen molar-refractivity contribution >= 4 is 5.91 Å². The van der Waals surface area contributed by atoms with Crippen LogP contribution in [0.2, 0.25) is 0 Å². The number of nitrogens with one attached hydrogen (secondary N) is 2. The van der Waals surface area contributed by atoms with E-state index in [-0.39, 0.29) is 11.7 Å². The van der Waals surface area contributed by atoms with Crippen molar-refractivity contribution in [1.82, 2.24) is 10.6 Å². The Labute approximate surface area is 126 Å². The highest BCUT2D eigenvalue weighted by atomic mass is 19.1. The Bertz CT molecular complexity index is 452. The van der Waals surface area contributed by atoms with Gasteiger partial charge in [0.15, 0.2) is 6.10 Å². The molecule has 0 aliphatic carbocycles. The number of carbonyl (C=O) groups excluding carboxylic acids is 1. The molecular weight excluding hydrogens is 271 g/mol. The number of halogens is 1. The van der Waals surface area contributed by atoms with Crippen LogP contribution >= 0.6 is 0 Å². The number of unbranched alkanes of at least 4 members (excludes halogenated alkanes) is 1. The van der Waals surface area contributed by atoms with E-state index in [2.05, 4.69) is 17.6 Å². The minimum Gasteiger partial charge on any atom is -0.481 e. The van der Waals surface area contributed by atoms with Crippen molar-refractivity contribution in [3.63, 3.8) is 0 Å². The summed E-state index contributed by atoms with van der Waals surface area (Å²) in [6, 6.07) is 4.51. The lowest BCUT2D eigenvalue weighted by Gasteiger charge is -2.15. The lowest BCUT2D eigenvalue weighted by molar-refractivity contribution is -0.127. The van der Waals surface area contributed by atoms with Crippen LogP contribution in [0.5, 0.6) is 5.75 Å². The number of benzene rings is 1. The average molecular weight is 296 g/mol. The molecule has 21 heavy (non-hydrogen) atoms. The Morgan fingerprint density at radius 1 is 1.33 bits per heavy atom. The van der Waals surface area contributed by atoms with Gasteiger partial charge in [-0.3, -0.25) is 4.79 Å². The molecule has 0 saturated carbocycles. The summed E-state index contributed by atoms with van der Waals surface area (Å²) >= 11 is 0. The van der Waals surface area contributed by atoms with Crippen molar-refractivity contribution in [3.05, 3.63) is 29.6 Å². The molecule has 1 rings (SSSR count). The number of hydrogen-bond donors (Lipinski definition) is 2. The first-order valence-electron chi connectivity index (χ1n) is 7.51. The van der Waals surface area contributed by atoms with E-state index in [4.69, 9.17) is 4.74 Å². The fourth-order valence-corrected chi connectivity index (χ4v) is 1.85. The molecule has 0 bridgehead atoms. The molecule has 0 fully saturated rings. The Morgan fingerprint density at radius 2 is 2.10 bits per heavy atom. The summed E-state index contributed by atoms with van der Waals surface area (Å²) in [4.78, 5) is 11.8. The van der Waals surface area contributed by atoms with E-state index in [0.29, 0.717) is 18.8 Å². The molecule has 1 atom stereocenters. The first kappa shape index (κ1) is 17.4. The molecule has 1 amide bonds. The van der Waals surface area contributed by atoms with E-state index in [1.807, 2.05) is 6.92 Å². The van der Waals surface area contributed by atoms with E-state index in [9.17, 15) is 9.18 Å². The van der Waals surface area contributed by atoms with Gasteiger partial charge < -0.3 is 15.4 Å². The molecule has 1 aromatic rings. The maximum Gasteiger partial charge on any atom is 0.260 e. The topological polar surface area (TPSA) is 50.4 Å². The van der Waals surface area contributed by atoms with Crippen LogP contribution in [-0.4, -0.2) is 25.1 Å². The summed E-state index contributed by atoms with van der Waals surface area (Å²) in [6.07, 6.45) is 1.31. The Morgan fingerprint density at radius 3 is 2.76 bits per heavy atom. The van der Waals surface area contributed by atoms with Gasteiger partial charge in [0.1, 0.15) is 11.6 Å². The van der Waals surface area contributed by atoms with E-state index in [1.165, 1.54) is 12.1 Å². The average Bonchev–Trinajstić information content (AvgIpc) is 2.44. The van der Waals surface area contributed by atoms with E-state index < -0.39 is 6.10 Å². The van der Waals surface area contributed by atoms with Gasteiger partial charge in [0.2, 0.25) is 0 Å². The van der Waals surface area contributed by atoms with Gasteiger partial charge in [0.05, 0.1) is 0 Å². The molecule has 0 heterocycles. The summed E-state index contributed by atoms with van der Waals surface area (Å²) in [5.74, 6) is -0.166. The van der Waals surface area contributed by atoms with Gasteiger partial charge in [-0.05, 0) is 37.6 Å². The quantitative estimate of drug-likeness (QED) is 0.689. The fourth-order valence-electron chi connectivity index (χ4n) is 1.85. The maximum atomic E-state index is 13.5. The standard InChI is InChI=1S/C16H25FN2O2/c1-4-6-7-19-16(20)12(3)21-15-9-13(11-18-5-2)8-14(17)10-15/h8-10,12,18H,4-7,11H2,1-3H3,(H,19,20). The first-order chi connectivity index (χ1) is 10.1. The number of rotatable bonds is 9. The number of carbonyl (C=O) groups is 1. The summed E-state index contributed by atoms with van der Waals surface area (Å²) in [6.45, 7) is 7.72. The van der Waals surface area contributed by atoms with Crippen LogP contribution in [0.4, 0.5) is 4.39 Å². The number of ether oxygens (including phenoxy) is 1. The van der Waals surface area contributed by atoms with Gasteiger partial charge in [0.25, 0.3) is 5.91 Å². The molecule has 1 aromatic carbocycles. The summed E-state index contributed by atoms with van der Waals surface area (Å²) in [5.41, 5.74) is 0.797. The molecule has 0 aliphatic heterocycles. The third-order valence-electron chi connectivity index (χ3n) is 3.02. The van der Waals surface area contributed by atoms with E-state index >= 15 is 0 Å². The molecule has 5 heteroatoms. The second-order valence-electron chi connectivity index (χ2n) is 4.98. The monoisotopic (exact) mass is 296 g/mol. The zero-order chi connectivity index (χ0) is 15.7. The Kier molecular flexibility index (Phi) is 7.75. The van der Waals surface area contributed by atoms with Gasteiger partial charge in [0, 0.05) is 19.2 Å². The Hall–Kier alpha value is -1.62. The van der Waals surface area contributed by atoms with Crippen LogP contribution in [0.1, 0.15) is 39.2 Å². The summed E-state index contributed by atoms with van der Waals surface area (Å²) in [7, 11) is 0. The smallest absolute Gasteiger partial charge is 0.260 e. The largest absolute Gasteiger partial charge is 0.481 e. The molecule has 0 spiro atoms. The van der Waals surface area contributed by atoms with Crippen LogP contribution in [0.25, 0.3) is 0 Å². The van der Waals surface area contributed by atoms with Crippen molar-refractivity contribution in [2.75, 3.05) is 13.1 Å². The summed E-state index contributed by atoms with van der Waals surface area (Å²) < 4.78 is 19.1. The zero-order valence-corrected chi connectivity index (χ0v) is 13.0. The van der Waals surface area contributed by atoms with Crippen molar-refractivity contribution in [2.45, 2.75) is 46.3 Å². The molecule has 2 N–H and O–H groups in total. The van der Waals surface area contributed by atoms with Gasteiger partial charge in [-0.25, -0.2) is 4.39 Å². The van der Waals surface area contributed by atoms with Crippen molar-refractivity contribution in [2.24, 2.45) is 0 Å². The molecular formula is C16H25FN2O2. The highest BCUT2D eigenvalue weighted by Gasteiger charge is 2.14. The highest BCUT2D eigenvalue weighted by molar-refractivity contribution is 5.80. The van der Waals surface area contributed by atoms with Gasteiger partial charge in [-0.2, -0.15) is 0 Å². The Balaban J connectivity index is 2.60. The SMILES string of the molecule is CCCCNC(=O)C(C)Oc1cc(F)cc(CNCC)c1. The van der Waals surface area contributed by atoms with Crippen molar-refractivity contribution < 1.29 is 13.9 Å². The molecule has 0 aromatic heterocycles. The van der Waals surface area contributed by atoms with Crippen molar-refractivity contribution in [1.29, 1.82) is 0 Å². The molecule has 1 unspecified atom stereocenters. The number of amides is 1. The van der Waals surface area contributed by atoms with Crippen LogP contribution in [0.3, 0.4) is 0 Å². The summed E-state index contributed by atoms with van der Waals surface area (Å²) in [5, 5.41) is 5.92. The van der Waals surface area contributed by atoms with Gasteiger partial charge in [-0.15, -0.1) is 0 Å². The molecule has 0 aliphatic rings. The molecule has 4 nitrogen and oxygen atoms in total. The van der Waals surface area contributed by atoms with Crippen LogP contribution in [0.15, 0.2) is 18.2 Å². The predicted molar refractivity (Wildman–Crippen MR) is 81.8 cm³/mol. The van der Waals surface area contributed by atoms with E-state index in [1.54, 1.807) is 13.0 Å². The van der Waals surface area contributed by atoms with Crippen molar-refractivity contribution in [3.8, 4) is 5.75 Å². The van der Waals surface area contributed by atoms with Crippen LogP contribution in [0, 0.1) is 5.82 Å². The minimum absolute atomic E-state index is 0.180. The molecule has 0 saturated heterocycles. The van der Waals surface area contributed by atoms with Crippen LogP contribution in [-0.2, 0) is 11.3 Å². The zero-order valence-electron chi connectivity index (χ0n) is 13.0. The normalized spacial score (nSPS) is 12.0. The third-order valence-corrected chi connectivity index (χ3v) is 3.02. The molecule has 118 valence electrons. The lowest BCUT2D eigenvalue weighted by Crippen LogP contribution is -2.36. The van der Waals surface area contributed by atoms with E-state index in [0.717, 1.165) is 24.9 Å². The second kappa shape index (κ2) is 9.34. The lowest BCUT2D eigenvalue weighted by atomic mass is 10.2. The first-order valence-corrected chi connectivity index (χ1v) is 7.51. The predicted octanol–water partition coefficient (Wildman–Crippen LogP) is 2.62. The third kappa shape index (κ3) is 6.58. The van der Waals surface area contributed by atoms with Gasteiger partial charge in [-0.1, -0.05) is 20.3 Å². The highest BCUT2D eigenvalue weighted by Crippen LogP contribution is 2.18. The fraction of sp³-hybridized carbons (Fsp3) is 0.562. The van der Waals surface area contributed by atoms with Crippen LogP contribution < -0.4 is 15.4 Å². The molecule has 0 radical (unpaired) electrons. The number of hydrogen-bond acceptors (Lipinski definition) is 3.